The average Bonchev–Trinajstić information content (AvgIpc) is 3.00. The summed E-state index contributed by atoms with van der Waals surface area (Å²) in [7, 11) is 1.58. The van der Waals surface area contributed by atoms with Crippen LogP contribution < -0.4 is 10.5 Å². The number of thiocarbonyl (C=S) groups is 1. The highest BCUT2D eigenvalue weighted by Crippen LogP contribution is 2.33. The second-order valence-corrected chi connectivity index (χ2v) is 9.25. The lowest BCUT2D eigenvalue weighted by Crippen LogP contribution is -2.46. The van der Waals surface area contributed by atoms with Gasteiger partial charge in [-0.3, -0.25) is 18.9 Å². The Labute approximate surface area is 189 Å². The molecule has 2 aliphatic rings. The number of carbonyl (C=O) groups is 1. The van der Waals surface area contributed by atoms with Gasteiger partial charge in [0, 0.05) is 26.4 Å². The van der Waals surface area contributed by atoms with Gasteiger partial charge in [-0.2, -0.15) is 0 Å². The molecule has 2 atom stereocenters. The van der Waals surface area contributed by atoms with Gasteiger partial charge in [-0.25, -0.2) is 4.98 Å². The largest absolute Gasteiger partial charge is 0.383 e. The van der Waals surface area contributed by atoms with Crippen molar-refractivity contribution in [3.8, 4) is 0 Å². The van der Waals surface area contributed by atoms with Crippen molar-refractivity contribution in [3.05, 3.63) is 45.2 Å². The number of thioether (sulfide) groups is 1. The first-order valence-electron chi connectivity index (χ1n) is 10.0. The van der Waals surface area contributed by atoms with Crippen LogP contribution in [0.3, 0.4) is 0 Å². The van der Waals surface area contributed by atoms with Crippen molar-refractivity contribution < 1.29 is 14.3 Å². The lowest BCUT2D eigenvalue weighted by molar-refractivity contribution is -0.122. The summed E-state index contributed by atoms with van der Waals surface area (Å²) in [4.78, 5) is 35.1. The Kier molecular flexibility index (Phi) is 6.42. The van der Waals surface area contributed by atoms with Crippen molar-refractivity contribution in [1.82, 2.24) is 14.3 Å². The van der Waals surface area contributed by atoms with Crippen LogP contribution in [-0.4, -0.2) is 70.1 Å². The number of fused-ring (bicyclic) bond motifs is 1. The molecule has 31 heavy (non-hydrogen) atoms. The molecule has 0 bridgehead atoms. The van der Waals surface area contributed by atoms with E-state index < -0.39 is 0 Å². The van der Waals surface area contributed by atoms with Gasteiger partial charge in [0.1, 0.15) is 15.8 Å². The zero-order chi connectivity index (χ0) is 22.1. The number of rotatable bonds is 5. The molecule has 2 aliphatic heterocycles. The highest BCUT2D eigenvalue weighted by molar-refractivity contribution is 8.26. The number of amides is 1. The lowest BCUT2D eigenvalue weighted by Gasteiger charge is -2.36. The molecule has 0 aromatic carbocycles. The van der Waals surface area contributed by atoms with Crippen LogP contribution in [0.2, 0.25) is 0 Å². The third-order valence-corrected chi connectivity index (χ3v) is 6.51. The molecule has 1 amide bonds. The van der Waals surface area contributed by atoms with E-state index in [4.69, 9.17) is 26.7 Å². The average molecular weight is 461 g/mol. The number of hydrogen-bond acceptors (Lipinski definition) is 8. The number of aromatic nitrogens is 2. The Morgan fingerprint density at radius 1 is 1.29 bits per heavy atom. The molecule has 2 aromatic heterocycles. The maximum absolute atomic E-state index is 13.4. The summed E-state index contributed by atoms with van der Waals surface area (Å²) in [5.41, 5.74) is 0.700. The fraction of sp³-hybridized carbons (Fsp3) is 0.429. The summed E-state index contributed by atoms with van der Waals surface area (Å²) in [6.07, 6.45) is 3.31. The SMILES string of the molecule is COCCN1C(=O)/C(=C/c2c(N3C[C@H](C)O[C@@H](C)C3)nc3ccccn3c2=O)SC1=S. The fourth-order valence-corrected chi connectivity index (χ4v) is 5.11. The number of ether oxygens (including phenoxy) is 2. The third kappa shape index (κ3) is 4.38. The van der Waals surface area contributed by atoms with Crippen molar-refractivity contribution in [1.29, 1.82) is 0 Å². The predicted octanol–water partition coefficient (Wildman–Crippen LogP) is 2.16. The topological polar surface area (TPSA) is 76.4 Å². The second kappa shape index (κ2) is 9.07. The van der Waals surface area contributed by atoms with E-state index in [1.54, 1.807) is 31.5 Å². The van der Waals surface area contributed by atoms with Crippen LogP contribution in [0, 0.1) is 0 Å². The normalized spacial score (nSPS) is 23.4. The van der Waals surface area contributed by atoms with Crippen molar-refractivity contribution in [2.45, 2.75) is 26.1 Å². The molecular formula is C21H24N4O4S2. The van der Waals surface area contributed by atoms with Crippen molar-refractivity contribution in [3.63, 3.8) is 0 Å². The predicted molar refractivity (Wildman–Crippen MR) is 125 cm³/mol. The molecule has 8 nitrogen and oxygen atoms in total. The zero-order valence-electron chi connectivity index (χ0n) is 17.6. The van der Waals surface area contributed by atoms with Gasteiger partial charge in [-0.05, 0) is 32.1 Å². The number of methoxy groups -OCH3 is 1. The quantitative estimate of drug-likeness (QED) is 0.496. The fourth-order valence-electron chi connectivity index (χ4n) is 3.82. The van der Waals surface area contributed by atoms with E-state index in [-0.39, 0.29) is 23.7 Å². The summed E-state index contributed by atoms with van der Waals surface area (Å²) in [6, 6.07) is 5.42. The first-order chi connectivity index (χ1) is 14.9. The van der Waals surface area contributed by atoms with Crippen molar-refractivity contribution in [2.24, 2.45) is 0 Å². The van der Waals surface area contributed by atoms with Gasteiger partial charge in [-0.15, -0.1) is 0 Å². The van der Waals surface area contributed by atoms with Gasteiger partial charge in [0.2, 0.25) is 0 Å². The van der Waals surface area contributed by atoms with Crippen LogP contribution >= 0.6 is 24.0 Å². The van der Waals surface area contributed by atoms with E-state index >= 15 is 0 Å². The molecule has 0 unspecified atom stereocenters. The monoisotopic (exact) mass is 460 g/mol. The van der Waals surface area contributed by atoms with Gasteiger partial charge in [0.15, 0.2) is 0 Å². The Bertz CT molecular complexity index is 1110. The molecule has 0 radical (unpaired) electrons. The Hall–Kier alpha value is -2.27. The molecule has 4 rings (SSSR count). The minimum atomic E-state index is -0.227. The Balaban J connectivity index is 1.82. The number of morpholine rings is 1. The summed E-state index contributed by atoms with van der Waals surface area (Å²) in [6.45, 7) is 5.96. The van der Waals surface area contributed by atoms with Gasteiger partial charge in [0.05, 0.1) is 35.8 Å². The molecule has 2 fully saturated rings. The van der Waals surface area contributed by atoms with Crippen molar-refractivity contribution >= 4 is 51.7 Å². The minimum absolute atomic E-state index is 0.000112. The molecule has 0 saturated carbocycles. The van der Waals surface area contributed by atoms with E-state index in [2.05, 4.69) is 4.90 Å². The maximum atomic E-state index is 13.4. The number of carbonyl (C=O) groups excluding carboxylic acids is 1. The number of anilines is 1. The number of hydrogen-bond donors (Lipinski definition) is 0. The first-order valence-corrected chi connectivity index (χ1v) is 11.3. The van der Waals surface area contributed by atoms with Crippen LogP contribution in [0.4, 0.5) is 5.82 Å². The van der Waals surface area contributed by atoms with E-state index in [0.717, 1.165) is 0 Å². The number of pyridine rings is 1. The van der Waals surface area contributed by atoms with E-state index in [1.165, 1.54) is 21.1 Å². The summed E-state index contributed by atoms with van der Waals surface area (Å²) in [5.74, 6) is 0.333. The molecule has 0 N–H and O–H groups in total. The van der Waals surface area contributed by atoms with Gasteiger partial charge >= 0.3 is 0 Å². The van der Waals surface area contributed by atoms with Crippen LogP contribution in [-0.2, 0) is 14.3 Å². The Morgan fingerprint density at radius 2 is 2.03 bits per heavy atom. The van der Waals surface area contributed by atoms with E-state index in [0.29, 0.717) is 52.5 Å². The summed E-state index contributed by atoms with van der Waals surface area (Å²) >= 11 is 6.56. The smallest absolute Gasteiger partial charge is 0.267 e. The van der Waals surface area contributed by atoms with Crippen molar-refractivity contribution in [2.75, 3.05) is 38.3 Å². The first kappa shape index (κ1) is 21.9. The molecule has 10 heteroatoms. The number of nitrogens with zero attached hydrogens (tertiary/aromatic N) is 4. The lowest BCUT2D eigenvalue weighted by atomic mass is 10.2. The molecule has 164 valence electrons. The molecule has 0 aliphatic carbocycles. The second-order valence-electron chi connectivity index (χ2n) is 7.57. The maximum Gasteiger partial charge on any atom is 0.267 e. The molecule has 2 saturated heterocycles. The van der Waals surface area contributed by atoms with Crippen LogP contribution in [0.15, 0.2) is 34.1 Å². The summed E-state index contributed by atoms with van der Waals surface area (Å²) in [5, 5.41) is 0. The van der Waals surface area contributed by atoms with Crippen LogP contribution in [0.25, 0.3) is 11.7 Å². The van der Waals surface area contributed by atoms with E-state index in [9.17, 15) is 9.59 Å². The highest BCUT2D eigenvalue weighted by atomic mass is 32.2. The molecular weight excluding hydrogens is 436 g/mol. The van der Waals surface area contributed by atoms with Crippen LogP contribution in [0.5, 0.6) is 0 Å². The Morgan fingerprint density at radius 3 is 2.74 bits per heavy atom. The van der Waals surface area contributed by atoms with Gasteiger partial charge in [0.25, 0.3) is 11.5 Å². The minimum Gasteiger partial charge on any atom is -0.383 e. The molecule has 4 heterocycles. The third-order valence-electron chi connectivity index (χ3n) is 5.14. The highest BCUT2D eigenvalue weighted by Gasteiger charge is 2.33. The molecule has 0 spiro atoms. The van der Waals surface area contributed by atoms with E-state index in [1.807, 2.05) is 19.9 Å². The summed E-state index contributed by atoms with van der Waals surface area (Å²) < 4.78 is 12.9. The van der Waals surface area contributed by atoms with Gasteiger partial charge in [-0.1, -0.05) is 30.0 Å². The molecule has 2 aromatic rings. The zero-order valence-corrected chi connectivity index (χ0v) is 19.2. The van der Waals surface area contributed by atoms with Gasteiger partial charge < -0.3 is 14.4 Å². The standard InChI is InChI=1S/C21H24N4O4S2/c1-13-11-23(12-14(2)29-13)18-15(19(26)24-7-5-4-6-17(24)22-18)10-16-20(27)25(8-9-28-3)21(30)31-16/h4-7,10,13-14H,8-9,11-12H2,1-3H3/b16-10-/t13-,14-/m0/s1. The van der Waals surface area contributed by atoms with Crippen LogP contribution in [0.1, 0.15) is 19.4 Å².